The van der Waals surface area contributed by atoms with Crippen molar-refractivity contribution < 1.29 is 9.53 Å². The van der Waals surface area contributed by atoms with Gasteiger partial charge in [0.05, 0.1) is 17.5 Å². The molecule has 0 saturated carbocycles. The van der Waals surface area contributed by atoms with Crippen LogP contribution in [0.5, 0.6) is 5.75 Å². The second-order valence-corrected chi connectivity index (χ2v) is 7.98. The number of hydrogen-bond acceptors (Lipinski definition) is 6. The molecule has 1 N–H and O–H groups in total. The molecule has 0 aliphatic rings. The number of rotatable bonds is 6. The number of hydrazone groups is 1. The highest BCUT2D eigenvalue weighted by Crippen LogP contribution is 2.25. The molecule has 1 aromatic heterocycles. The molecule has 0 saturated heterocycles. The summed E-state index contributed by atoms with van der Waals surface area (Å²) in [5.74, 6) is 0.00353. The van der Waals surface area contributed by atoms with E-state index >= 15 is 0 Å². The van der Waals surface area contributed by atoms with Gasteiger partial charge in [0.2, 0.25) is 5.13 Å². The lowest BCUT2D eigenvalue weighted by molar-refractivity contribution is 0.0734. The minimum Gasteiger partial charge on any atom is -0.422 e. The normalized spacial score (nSPS) is 10.8. The van der Waals surface area contributed by atoms with Gasteiger partial charge in [-0.1, -0.05) is 58.4 Å². The summed E-state index contributed by atoms with van der Waals surface area (Å²) in [5.41, 5.74) is 6.02. The van der Waals surface area contributed by atoms with E-state index in [1.165, 1.54) is 11.3 Å². The van der Waals surface area contributed by atoms with Crippen molar-refractivity contribution in [2.75, 3.05) is 5.43 Å². The molecule has 0 radical (unpaired) electrons. The number of aromatic nitrogens is 1. The Bertz CT molecular complexity index is 1170. The van der Waals surface area contributed by atoms with Gasteiger partial charge < -0.3 is 4.74 Å². The third-order valence-corrected chi connectivity index (χ3v) is 5.41. The van der Waals surface area contributed by atoms with E-state index in [-0.39, 0.29) is 0 Å². The summed E-state index contributed by atoms with van der Waals surface area (Å²) in [5, 5.41) is 6.90. The van der Waals surface area contributed by atoms with Crippen LogP contribution in [-0.2, 0) is 0 Å². The zero-order chi connectivity index (χ0) is 20.8. The minimum absolute atomic E-state index is 0.427. The third kappa shape index (κ3) is 5.00. The van der Waals surface area contributed by atoms with Crippen LogP contribution in [0, 0.1) is 0 Å². The van der Waals surface area contributed by atoms with Crippen LogP contribution in [0.2, 0.25) is 0 Å². The van der Waals surface area contributed by atoms with Crippen LogP contribution in [0.3, 0.4) is 0 Å². The molecule has 0 atom stereocenters. The molecular formula is C23H16BrN3O2S. The van der Waals surface area contributed by atoms with Gasteiger partial charge in [-0.2, -0.15) is 5.10 Å². The molecular weight excluding hydrogens is 462 g/mol. The van der Waals surface area contributed by atoms with E-state index in [1.807, 2.05) is 53.9 Å². The van der Waals surface area contributed by atoms with Crippen LogP contribution in [0.1, 0.15) is 15.9 Å². The van der Waals surface area contributed by atoms with Crippen molar-refractivity contribution in [1.82, 2.24) is 4.98 Å². The van der Waals surface area contributed by atoms with Gasteiger partial charge in [-0.05, 0) is 36.4 Å². The van der Waals surface area contributed by atoms with Crippen molar-refractivity contribution in [1.29, 1.82) is 0 Å². The maximum Gasteiger partial charge on any atom is 0.343 e. The number of thiazole rings is 1. The highest BCUT2D eigenvalue weighted by molar-refractivity contribution is 9.10. The summed E-state index contributed by atoms with van der Waals surface area (Å²) >= 11 is 4.82. The quantitative estimate of drug-likeness (QED) is 0.154. The van der Waals surface area contributed by atoms with Crippen LogP contribution >= 0.6 is 27.3 Å². The Balaban J connectivity index is 1.44. The molecule has 1 heterocycles. The Morgan fingerprint density at radius 1 is 1.00 bits per heavy atom. The molecule has 7 heteroatoms. The number of carbonyl (C=O) groups excluding carboxylic acids is 1. The highest BCUT2D eigenvalue weighted by atomic mass is 79.9. The van der Waals surface area contributed by atoms with Crippen molar-refractivity contribution in [3.8, 4) is 17.0 Å². The lowest BCUT2D eigenvalue weighted by Gasteiger charge is -2.07. The van der Waals surface area contributed by atoms with E-state index in [4.69, 9.17) is 4.74 Å². The van der Waals surface area contributed by atoms with E-state index < -0.39 is 5.97 Å². The van der Waals surface area contributed by atoms with Gasteiger partial charge in [-0.15, -0.1) is 11.3 Å². The molecule has 148 valence electrons. The zero-order valence-electron chi connectivity index (χ0n) is 15.7. The number of ether oxygens (including phenoxy) is 1. The van der Waals surface area contributed by atoms with Gasteiger partial charge >= 0.3 is 5.97 Å². The number of halogens is 1. The molecule has 0 fully saturated rings. The monoisotopic (exact) mass is 477 g/mol. The second-order valence-electron chi connectivity index (χ2n) is 6.21. The molecule has 0 aliphatic heterocycles. The lowest BCUT2D eigenvalue weighted by atomic mass is 10.2. The fourth-order valence-electron chi connectivity index (χ4n) is 2.65. The summed E-state index contributed by atoms with van der Waals surface area (Å²) in [6, 6.07) is 24.2. The van der Waals surface area contributed by atoms with Gasteiger partial charge in [-0.3, -0.25) is 5.43 Å². The van der Waals surface area contributed by atoms with Crippen molar-refractivity contribution >= 4 is 44.6 Å². The Labute approximate surface area is 186 Å². The average molecular weight is 478 g/mol. The number of para-hydroxylation sites is 1. The largest absolute Gasteiger partial charge is 0.422 e. The molecule has 0 aliphatic carbocycles. The van der Waals surface area contributed by atoms with E-state index in [9.17, 15) is 4.79 Å². The SMILES string of the molecule is O=C(Oc1ccccc1/C=N/Nc1nc(-c2ccccc2)cs1)c1ccc(Br)cc1. The lowest BCUT2D eigenvalue weighted by Crippen LogP contribution is -2.09. The number of nitrogens with zero attached hydrogens (tertiary/aromatic N) is 2. The van der Waals surface area contributed by atoms with Crippen LogP contribution in [0.25, 0.3) is 11.3 Å². The van der Waals surface area contributed by atoms with Crippen LogP contribution in [-0.4, -0.2) is 17.2 Å². The fourth-order valence-corrected chi connectivity index (χ4v) is 3.58. The smallest absolute Gasteiger partial charge is 0.343 e. The Kier molecular flexibility index (Phi) is 6.32. The average Bonchev–Trinajstić information content (AvgIpc) is 3.25. The van der Waals surface area contributed by atoms with Crippen LogP contribution < -0.4 is 10.2 Å². The second kappa shape index (κ2) is 9.47. The molecule has 0 spiro atoms. The number of nitrogens with one attached hydrogen (secondary N) is 1. The minimum atomic E-state index is -0.427. The van der Waals surface area contributed by atoms with Crippen molar-refractivity contribution in [2.24, 2.45) is 5.10 Å². The number of anilines is 1. The number of hydrogen-bond donors (Lipinski definition) is 1. The Morgan fingerprint density at radius 2 is 1.73 bits per heavy atom. The van der Waals surface area contributed by atoms with Crippen molar-refractivity contribution in [3.63, 3.8) is 0 Å². The predicted octanol–water partition coefficient (Wildman–Crippen LogP) is 6.24. The molecule has 0 amide bonds. The summed E-state index contributed by atoms with van der Waals surface area (Å²) in [7, 11) is 0. The fraction of sp³-hybridized carbons (Fsp3) is 0. The molecule has 5 nitrogen and oxygen atoms in total. The van der Waals surface area contributed by atoms with E-state index in [2.05, 4.69) is 31.4 Å². The maximum absolute atomic E-state index is 12.4. The summed E-state index contributed by atoms with van der Waals surface area (Å²) in [6.07, 6.45) is 1.60. The van der Waals surface area contributed by atoms with Crippen LogP contribution in [0.15, 0.2) is 93.8 Å². The van der Waals surface area contributed by atoms with E-state index in [0.717, 1.165) is 15.7 Å². The summed E-state index contributed by atoms with van der Waals surface area (Å²) < 4.78 is 6.45. The van der Waals surface area contributed by atoms with E-state index in [0.29, 0.717) is 22.0 Å². The molecule has 30 heavy (non-hydrogen) atoms. The van der Waals surface area contributed by atoms with Gasteiger partial charge in [-0.25, -0.2) is 9.78 Å². The summed E-state index contributed by atoms with van der Waals surface area (Å²) in [4.78, 5) is 16.9. The highest BCUT2D eigenvalue weighted by Gasteiger charge is 2.11. The topological polar surface area (TPSA) is 63.6 Å². The first-order chi connectivity index (χ1) is 14.7. The van der Waals surface area contributed by atoms with Crippen LogP contribution in [0.4, 0.5) is 5.13 Å². The number of carbonyl (C=O) groups is 1. The van der Waals surface area contributed by atoms with Gasteiger partial charge in [0.1, 0.15) is 5.75 Å². The zero-order valence-corrected chi connectivity index (χ0v) is 18.1. The predicted molar refractivity (Wildman–Crippen MR) is 124 cm³/mol. The third-order valence-electron chi connectivity index (χ3n) is 4.14. The van der Waals surface area contributed by atoms with Crippen molar-refractivity contribution in [2.45, 2.75) is 0 Å². The molecule has 0 bridgehead atoms. The maximum atomic E-state index is 12.4. The Hall–Kier alpha value is -3.29. The molecule has 4 rings (SSSR count). The first kappa shape index (κ1) is 20.0. The van der Waals surface area contributed by atoms with Gasteiger partial charge in [0.25, 0.3) is 0 Å². The number of benzene rings is 3. The first-order valence-corrected chi connectivity index (χ1v) is 10.7. The first-order valence-electron chi connectivity index (χ1n) is 9.06. The standard InChI is InChI=1S/C23H16BrN3O2S/c24-19-12-10-17(11-13-19)22(28)29-21-9-5-4-8-18(21)14-25-27-23-26-20(15-30-23)16-6-2-1-3-7-16/h1-15H,(H,26,27)/b25-14+. The Morgan fingerprint density at radius 3 is 2.53 bits per heavy atom. The number of esters is 1. The van der Waals surface area contributed by atoms with Gasteiger partial charge in [0.15, 0.2) is 0 Å². The van der Waals surface area contributed by atoms with Crippen molar-refractivity contribution in [3.05, 3.63) is 99.8 Å². The summed E-state index contributed by atoms with van der Waals surface area (Å²) in [6.45, 7) is 0. The molecule has 0 unspecified atom stereocenters. The van der Waals surface area contributed by atoms with Gasteiger partial charge in [0, 0.05) is 21.0 Å². The molecule has 4 aromatic rings. The molecule has 3 aromatic carbocycles. The van der Waals surface area contributed by atoms with E-state index in [1.54, 1.807) is 36.5 Å².